The average molecular weight is 277 g/mol. The minimum absolute atomic E-state index is 0.0887. The SMILES string of the molecule is O=C1CCOc2ccccc2N1CCC1OCCCO1. The molecule has 0 radical (unpaired) electrons. The number of para-hydroxylation sites is 2. The van der Waals surface area contributed by atoms with Gasteiger partial charge in [0, 0.05) is 13.0 Å². The second-order valence-corrected chi connectivity index (χ2v) is 4.92. The first-order chi connectivity index (χ1) is 9.84. The average Bonchev–Trinajstić information content (AvgIpc) is 2.65. The van der Waals surface area contributed by atoms with Crippen LogP contribution in [0.2, 0.25) is 0 Å². The molecule has 1 aromatic carbocycles. The maximum atomic E-state index is 12.2. The Kier molecular flexibility index (Phi) is 4.18. The molecule has 0 spiro atoms. The predicted molar refractivity (Wildman–Crippen MR) is 73.8 cm³/mol. The third-order valence-corrected chi connectivity index (χ3v) is 3.52. The third-order valence-electron chi connectivity index (χ3n) is 3.52. The lowest BCUT2D eigenvalue weighted by Gasteiger charge is -2.27. The smallest absolute Gasteiger partial charge is 0.230 e. The van der Waals surface area contributed by atoms with Crippen molar-refractivity contribution in [2.24, 2.45) is 0 Å². The Morgan fingerprint density at radius 2 is 1.95 bits per heavy atom. The van der Waals surface area contributed by atoms with Crippen LogP contribution in [0.5, 0.6) is 5.75 Å². The quantitative estimate of drug-likeness (QED) is 0.847. The number of benzene rings is 1. The molecule has 0 aromatic heterocycles. The molecular weight excluding hydrogens is 258 g/mol. The standard InChI is InChI=1S/C15H19NO4/c17-14-7-11-18-13-5-2-1-4-12(13)16(14)8-6-15-19-9-3-10-20-15/h1-2,4-5,15H,3,6-11H2. The van der Waals surface area contributed by atoms with Crippen LogP contribution in [0.15, 0.2) is 24.3 Å². The van der Waals surface area contributed by atoms with Gasteiger partial charge in [0.25, 0.3) is 0 Å². The number of amides is 1. The van der Waals surface area contributed by atoms with E-state index in [1.54, 1.807) is 4.90 Å². The number of hydrogen-bond donors (Lipinski definition) is 0. The molecule has 2 aliphatic rings. The van der Waals surface area contributed by atoms with Gasteiger partial charge in [0.2, 0.25) is 5.91 Å². The highest BCUT2D eigenvalue weighted by molar-refractivity contribution is 5.95. The Bertz CT molecular complexity index is 471. The Hall–Kier alpha value is -1.59. The van der Waals surface area contributed by atoms with Crippen molar-refractivity contribution in [3.63, 3.8) is 0 Å². The van der Waals surface area contributed by atoms with Crippen LogP contribution in [0.3, 0.4) is 0 Å². The van der Waals surface area contributed by atoms with Gasteiger partial charge < -0.3 is 19.1 Å². The lowest BCUT2D eigenvalue weighted by Crippen LogP contribution is -2.35. The van der Waals surface area contributed by atoms with Gasteiger partial charge in [-0.2, -0.15) is 0 Å². The molecule has 0 N–H and O–H groups in total. The van der Waals surface area contributed by atoms with E-state index in [1.165, 1.54) is 0 Å². The molecule has 5 nitrogen and oxygen atoms in total. The van der Waals surface area contributed by atoms with E-state index in [9.17, 15) is 4.79 Å². The molecule has 3 rings (SSSR count). The number of carbonyl (C=O) groups excluding carboxylic acids is 1. The normalized spacial score (nSPS) is 20.2. The summed E-state index contributed by atoms with van der Waals surface area (Å²) in [5.41, 5.74) is 0.839. The lowest BCUT2D eigenvalue weighted by atomic mass is 10.2. The van der Waals surface area contributed by atoms with Crippen LogP contribution in [0.4, 0.5) is 5.69 Å². The second kappa shape index (κ2) is 6.24. The second-order valence-electron chi connectivity index (χ2n) is 4.92. The van der Waals surface area contributed by atoms with E-state index in [1.807, 2.05) is 24.3 Å². The summed E-state index contributed by atoms with van der Waals surface area (Å²) in [7, 11) is 0. The highest BCUT2D eigenvalue weighted by Gasteiger charge is 2.24. The number of carbonyl (C=O) groups is 1. The number of rotatable bonds is 3. The van der Waals surface area contributed by atoms with Crippen LogP contribution in [-0.2, 0) is 14.3 Å². The summed E-state index contributed by atoms with van der Waals surface area (Å²) >= 11 is 0. The van der Waals surface area contributed by atoms with Gasteiger partial charge in [-0.05, 0) is 18.6 Å². The predicted octanol–water partition coefficient (Wildman–Crippen LogP) is 1.96. The highest BCUT2D eigenvalue weighted by Crippen LogP contribution is 2.31. The van der Waals surface area contributed by atoms with Crippen molar-refractivity contribution >= 4 is 11.6 Å². The largest absolute Gasteiger partial charge is 0.491 e. The van der Waals surface area contributed by atoms with Crippen LogP contribution in [0.25, 0.3) is 0 Å². The summed E-state index contributed by atoms with van der Waals surface area (Å²) in [4.78, 5) is 14.0. The lowest BCUT2D eigenvalue weighted by molar-refractivity contribution is -0.179. The topological polar surface area (TPSA) is 48.0 Å². The van der Waals surface area contributed by atoms with Crippen molar-refractivity contribution in [1.82, 2.24) is 0 Å². The van der Waals surface area contributed by atoms with Crippen LogP contribution < -0.4 is 9.64 Å². The molecule has 0 atom stereocenters. The number of ether oxygens (including phenoxy) is 3. The molecule has 2 aliphatic heterocycles. The van der Waals surface area contributed by atoms with Crippen LogP contribution in [-0.4, -0.2) is 38.6 Å². The summed E-state index contributed by atoms with van der Waals surface area (Å²) in [6.45, 7) is 2.49. The molecule has 1 saturated heterocycles. The minimum atomic E-state index is -0.201. The van der Waals surface area contributed by atoms with Gasteiger partial charge in [-0.1, -0.05) is 12.1 Å². The Morgan fingerprint density at radius 3 is 2.80 bits per heavy atom. The van der Waals surface area contributed by atoms with E-state index in [0.717, 1.165) is 31.1 Å². The highest BCUT2D eigenvalue weighted by atomic mass is 16.7. The first-order valence-corrected chi connectivity index (χ1v) is 7.10. The number of nitrogens with zero attached hydrogens (tertiary/aromatic N) is 1. The summed E-state index contributed by atoms with van der Waals surface area (Å²) in [5, 5.41) is 0. The van der Waals surface area contributed by atoms with Crippen molar-refractivity contribution in [3.05, 3.63) is 24.3 Å². The molecule has 108 valence electrons. The van der Waals surface area contributed by atoms with Gasteiger partial charge in [0.15, 0.2) is 6.29 Å². The van der Waals surface area contributed by atoms with Gasteiger partial charge in [-0.15, -0.1) is 0 Å². The molecule has 1 fully saturated rings. The van der Waals surface area contributed by atoms with E-state index in [-0.39, 0.29) is 12.2 Å². The van der Waals surface area contributed by atoms with Crippen molar-refractivity contribution in [2.45, 2.75) is 25.6 Å². The molecular formula is C15H19NO4. The molecule has 1 amide bonds. The Labute approximate surface area is 118 Å². The molecule has 0 saturated carbocycles. The number of hydrogen-bond acceptors (Lipinski definition) is 4. The first-order valence-electron chi connectivity index (χ1n) is 7.10. The first kappa shape index (κ1) is 13.4. The fraction of sp³-hybridized carbons (Fsp3) is 0.533. The van der Waals surface area contributed by atoms with Crippen LogP contribution in [0.1, 0.15) is 19.3 Å². The van der Waals surface area contributed by atoms with Crippen molar-refractivity contribution in [1.29, 1.82) is 0 Å². The molecule has 2 heterocycles. The van der Waals surface area contributed by atoms with Gasteiger partial charge in [0.05, 0.1) is 31.9 Å². The molecule has 0 unspecified atom stereocenters. The maximum absolute atomic E-state index is 12.2. The van der Waals surface area contributed by atoms with E-state index in [4.69, 9.17) is 14.2 Å². The number of fused-ring (bicyclic) bond motifs is 1. The van der Waals surface area contributed by atoms with Crippen molar-refractivity contribution in [3.8, 4) is 5.75 Å². The van der Waals surface area contributed by atoms with Gasteiger partial charge in [0.1, 0.15) is 5.75 Å². The van der Waals surface area contributed by atoms with E-state index in [0.29, 0.717) is 26.0 Å². The summed E-state index contributed by atoms with van der Waals surface area (Å²) in [5.74, 6) is 0.856. The van der Waals surface area contributed by atoms with E-state index in [2.05, 4.69) is 0 Å². The van der Waals surface area contributed by atoms with Gasteiger partial charge in [-0.25, -0.2) is 0 Å². The minimum Gasteiger partial charge on any atom is -0.491 e. The molecule has 0 aliphatic carbocycles. The Morgan fingerprint density at radius 1 is 1.15 bits per heavy atom. The zero-order valence-corrected chi connectivity index (χ0v) is 11.4. The molecule has 0 bridgehead atoms. The van der Waals surface area contributed by atoms with Gasteiger partial charge >= 0.3 is 0 Å². The molecule has 20 heavy (non-hydrogen) atoms. The van der Waals surface area contributed by atoms with Crippen LogP contribution >= 0.6 is 0 Å². The van der Waals surface area contributed by atoms with Crippen molar-refractivity contribution < 1.29 is 19.0 Å². The zero-order chi connectivity index (χ0) is 13.8. The summed E-state index contributed by atoms with van der Waals surface area (Å²) in [6.07, 6.45) is 1.82. The fourth-order valence-corrected chi connectivity index (χ4v) is 2.50. The number of anilines is 1. The summed E-state index contributed by atoms with van der Waals surface area (Å²) < 4.78 is 16.7. The summed E-state index contributed by atoms with van der Waals surface area (Å²) in [6, 6.07) is 7.65. The monoisotopic (exact) mass is 277 g/mol. The van der Waals surface area contributed by atoms with E-state index < -0.39 is 0 Å². The zero-order valence-electron chi connectivity index (χ0n) is 11.4. The fourth-order valence-electron chi connectivity index (χ4n) is 2.50. The third kappa shape index (κ3) is 2.94. The van der Waals surface area contributed by atoms with Gasteiger partial charge in [-0.3, -0.25) is 4.79 Å². The molecule has 5 heteroatoms. The molecule has 1 aromatic rings. The van der Waals surface area contributed by atoms with E-state index >= 15 is 0 Å². The van der Waals surface area contributed by atoms with Crippen molar-refractivity contribution in [2.75, 3.05) is 31.3 Å². The van der Waals surface area contributed by atoms with Crippen LogP contribution in [0, 0.1) is 0 Å². The maximum Gasteiger partial charge on any atom is 0.230 e. The Balaban J connectivity index is 1.71.